The van der Waals surface area contributed by atoms with Gasteiger partial charge in [0.05, 0.1) is 11.6 Å². The van der Waals surface area contributed by atoms with Gasteiger partial charge >= 0.3 is 0 Å². The number of nitrogens with zero attached hydrogens (tertiary/aromatic N) is 2. The highest BCUT2D eigenvalue weighted by Crippen LogP contribution is 2.38. The predicted octanol–water partition coefficient (Wildman–Crippen LogP) is 4.57. The van der Waals surface area contributed by atoms with Crippen LogP contribution in [0, 0.1) is 0 Å². The molecule has 0 aromatic heterocycles. The quantitative estimate of drug-likeness (QED) is 0.555. The summed E-state index contributed by atoms with van der Waals surface area (Å²) in [4.78, 5) is 17.5. The van der Waals surface area contributed by atoms with Crippen molar-refractivity contribution in [1.82, 2.24) is 4.90 Å². The second-order valence-electron chi connectivity index (χ2n) is 9.24. The van der Waals surface area contributed by atoms with Crippen LogP contribution in [0.5, 0.6) is 11.5 Å². The van der Waals surface area contributed by atoms with Gasteiger partial charge in [-0.15, -0.1) is 0 Å². The van der Waals surface area contributed by atoms with E-state index in [-0.39, 0.29) is 12.0 Å². The molecule has 0 unspecified atom stereocenters. The highest BCUT2D eigenvalue weighted by atomic mass is 35.5. The zero-order valence-corrected chi connectivity index (χ0v) is 20.0. The van der Waals surface area contributed by atoms with Crippen LogP contribution in [0.1, 0.15) is 41.6 Å². The third-order valence-corrected chi connectivity index (χ3v) is 7.58. The molecule has 0 aliphatic carbocycles. The molecule has 6 nitrogen and oxygen atoms in total. The van der Waals surface area contributed by atoms with E-state index in [1.807, 2.05) is 36.4 Å². The molecule has 2 bridgehead atoms. The molecule has 0 saturated carbocycles. The number of hydrogen-bond acceptors (Lipinski definition) is 5. The summed E-state index contributed by atoms with van der Waals surface area (Å²) in [5, 5.41) is 0.555. The lowest BCUT2D eigenvalue weighted by molar-refractivity contribution is 0.0662. The van der Waals surface area contributed by atoms with E-state index in [1.54, 1.807) is 12.0 Å². The Hall–Kier alpha value is -2.28. The maximum atomic E-state index is 13.2. The van der Waals surface area contributed by atoms with Crippen LogP contribution in [0.4, 0.5) is 5.69 Å². The number of carbonyl (C=O) groups excluding carboxylic acids is 1. The fourth-order valence-electron chi connectivity index (χ4n) is 5.43. The summed E-state index contributed by atoms with van der Waals surface area (Å²) in [6, 6.07) is 12.6. The monoisotopic (exact) mass is 470 g/mol. The van der Waals surface area contributed by atoms with Gasteiger partial charge in [0, 0.05) is 37.0 Å². The van der Waals surface area contributed by atoms with Gasteiger partial charge in [0.15, 0.2) is 0 Å². The molecule has 3 atom stereocenters. The van der Waals surface area contributed by atoms with Crippen LogP contribution in [-0.4, -0.2) is 62.9 Å². The van der Waals surface area contributed by atoms with Crippen LogP contribution in [-0.2, 0) is 11.2 Å². The molecule has 0 spiro atoms. The summed E-state index contributed by atoms with van der Waals surface area (Å²) in [6.45, 7) is 1.62. The van der Waals surface area contributed by atoms with Crippen molar-refractivity contribution in [3.05, 3.63) is 52.5 Å². The van der Waals surface area contributed by atoms with Crippen molar-refractivity contribution in [3.8, 4) is 11.5 Å². The molecule has 2 saturated heterocycles. The average Bonchev–Trinajstić information content (AvgIpc) is 3.01. The molecule has 0 N–H and O–H groups in total. The van der Waals surface area contributed by atoms with E-state index in [0.717, 1.165) is 36.3 Å². The minimum absolute atomic E-state index is 0.0173. The van der Waals surface area contributed by atoms with E-state index in [4.69, 9.17) is 25.8 Å². The number of halogens is 1. The van der Waals surface area contributed by atoms with Crippen molar-refractivity contribution >= 4 is 23.2 Å². The number of hydrogen-bond donors (Lipinski definition) is 0. The van der Waals surface area contributed by atoms with E-state index < -0.39 is 0 Å². The Bertz CT molecular complexity index is 1020. The van der Waals surface area contributed by atoms with Crippen LogP contribution >= 0.6 is 11.6 Å². The van der Waals surface area contributed by atoms with Crippen molar-refractivity contribution in [2.75, 3.05) is 38.8 Å². The van der Waals surface area contributed by atoms with E-state index >= 15 is 0 Å². The largest absolute Gasteiger partial charge is 0.491 e. The number of rotatable bonds is 7. The highest BCUT2D eigenvalue weighted by Gasteiger charge is 2.39. The Balaban J connectivity index is 1.26. The first-order chi connectivity index (χ1) is 16.0. The molecule has 3 aliphatic heterocycles. The zero-order chi connectivity index (χ0) is 22.9. The van der Waals surface area contributed by atoms with Gasteiger partial charge in [-0.1, -0.05) is 11.6 Å². The molecule has 5 rings (SSSR count). The molecule has 0 radical (unpaired) electrons. The van der Waals surface area contributed by atoms with Gasteiger partial charge in [0.25, 0.3) is 5.91 Å². The first kappa shape index (κ1) is 22.5. The fourth-order valence-corrected chi connectivity index (χ4v) is 5.65. The molecule has 3 heterocycles. The second kappa shape index (κ2) is 9.53. The number of piperidine rings is 1. The van der Waals surface area contributed by atoms with Crippen molar-refractivity contribution in [3.63, 3.8) is 0 Å². The van der Waals surface area contributed by atoms with Gasteiger partial charge in [-0.05, 0) is 81.1 Å². The minimum Gasteiger partial charge on any atom is -0.491 e. The second-order valence-corrected chi connectivity index (χ2v) is 9.65. The Morgan fingerprint density at radius 1 is 1.06 bits per heavy atom. The van der Waals surface area contributed by atoms with Crippen LogP contribution in [0.2, 0.25) is 5.02 Å². The Morgan fingerprint density at radius 2 is 1.85 bits per heavy atom. The van der Waals surface area contributed by atoms with Gasteiger partial charge in [-0.3, -0.25) is 4.79 Å². The summed E-state index contributed by atoms with van der Waals surface area (Å²) < 4.78 is 17.0. The number of amides is 1. The number of benzene rings is 2. The van der Waals surface area contributed by atoms with E-state index in [0.29, 0.717) is 48.2 Å². The minimum atomic E-state index is -0.0173. The molecule has 176 valence electrons. The summed E-state index contributed by atoms with van der Waals surface area (Å²) in [6.07, 6.45) is 5.57. The van der Waals surface area contributed by atoms with Crippen molar-refractivity contribution in [1.29, 1.82) is 0 Å². The number of ether oxygens (including phenoxy) is 3. The van der Waals surface area contributed by atoms with Crippen LogP contribution in [0.25, 0.3) is 0 Å². The topological polar surface area (TPSA) is 51.2 Å². The Morgan fingerprint density at radius 3 is 2.58 bits per heavy atom. The third kappa shape index (κ3) is 4.57. The normalized spacial score (nSPS) is 24.6. The first-order valence-electron chi connectivity index (χ1n) is 11.8. The fraction of sp³-hybridized carbons (Fsp3) is 0.500. The maximum absolute atomic E-state index is 13.2. The lowest BCUT2D eigenvalue weighted by atomic mass is 9.98. The standard InChI is InChI=1S/C26H31ClN2O4/c1-28-18-3-4-19(28)15-22(14-18)33-25-8-5-20(16-24(25)27)29-10-9-17-13-21(32-12-11-31-2)6-7-23(17)26(29)30/h5-8,13,16,18-19,22H,3-4,9-12,14-15H2,1-2H3/t18-,19+,22+. The lowest BCUT2D eigenvalue weighted by Crippen LogP contribution is -2.43. The van der Waals surface area contributed by atoms with Crippen LogP contribution in [0.15, 0.2) is 36.4 Å². The highest BCUT2D eigenvalue weighted by molar-refractivity contribution is 6.32. The number of carbonyl (C=O) groups is 1. The molecular weight excluding hydrogens is 440 g/mol. The van der Waals surface area contributed by atoms with Gasteiger partial charge in [0.1, 0.15) is 24.2 Å². The van der Waals surface area contributed by atoms with E-state index in [1.165, 1.54) is 12.8 Å². The van der Waals surface area contributed by atoms with Crippen molar-refractivity contribution in [2.24, 2.45) is 0 Å². The SMILES string of the molecule is COCCOc1ccc2c(c1)CCN(c1ccc(O[C@H]3C[C@H]4CC[C@@H](C3)N4C)c(Cl)c1)C2=O. The van der Waals surface area contributed by atoms with Gasteiger partial charge in [-0.25, -0.2) is 0 Å². The number of anilines is 1. The Kier molecular flexibility index (Phi) is 6.50. The Labute approximate surface area is 200 Å². The third-order valence-electron chi connectivity index (χ3n) is 7.29. The summed E-state index contributed by atoms with van der Waals surface area (Å²) in [7, 11) is 3.87. The van der Waals surface area contributed by atoms with Gasteiger partial charge in [-0.2, -0.15) is 0 Å². The van der Waals surface area contributed by atoms with Gasteiger partial charge < -0.3 is 24.0 Å². The maximum Gasteiger partial charge on any atom is 0.258 e. The predicted molar refractivity (Wildman–Crippen MR) is 129 cm³/mol. The molecule has 3 aliphatic rings. The lowest BCUT2D eigenvalue weighted by Gasteiger charge is -2.36. The molecule has 2 aromatic rings. The smallest absolute Gasteiger partial charge is 0.258 e. The molecule has 7 heteroatoms. The van der Waals surface area contributed by atoms with Gasteiger partial charge in [0.2, 0.25) is 0 Å². The molecule has 33 heavy (non-hydrogen) atoms. The molecule has 1 amide bonds. The summed E-state index contributed by atoms with van der Waals surface area (Å²) in [5.74, 6) is 1.45. The van der Waals surface area contributed by atoms with Crippen molar-refractivity contribution < 1.29 is 19.0 Å². The molecule has 2 fully saturated rings. The van der Waals surface area contributed by atoms with Crippen LogP contribution in [0.3, 0.4) is 0 Å². The van der Waals surface area contributed by atoms with E-state index in [9.17, 15) is 4.79 Å². The average molecular weight is 471 g/mol. The van der Waals surface area contributed by atoms with Crippen LogP contribution < -0.4 is 14.4 Å². The van der Waals surface area contributed by atoms with E-state index in [2.05, 4.69) is 11.9 Å². The molecule has 2 aromatic carbocycles. The summed E-state index contributed by atoms with van der Waals surface area (Å²) in [5.41, 5.74) is 2.51. The number of fused-ring (bicyclic) bond motifs is 3. The first-order valence-corrected chi connectivity index (χ1v) is 12.2. The summed E-state index contributed by atoms with van der Waals surface area (Å²) >= 11 is 6.61. The van der Waals surface area contributed by atoms with Crippen molar-refractivity contribution in [2.45, 2.75) is 50.3 Å². The zero-order valence-electron chi connectivity index (χ0n) is 19.3. The molecular formula is C26H31ClN2O4. The number of methoxy groups -OCH3 is 1.